The van der Waals surface area contributed by atoms with Crippen molar-refractivity contribution in [3.05, 3.63) is 66.2 Å². The minimum Gasteiger partial charge on any atom is -0.484 e. The predicted molar refractivity (Wildman–Crippen MR) is 111 cm³/mol. The summed E-state index contributed by atoms with van der Waals surface area (Å²) in [5, 5.41) is 2.99. The topological polar surface area (TPSA) is 58.6 Å². The van der Waals surface area contributed by atoms with Gasteiger partial charge in [-0.3, -0.25) is 9.59 Å². The van der Waals surface area contributed by atoms with Gasteiger partial charge in [-0.25, -0.2) is 0 Å². The molecule has 0 bridgehead atoms. The Morgan fingerprint density at radius 1 is 1.00 bits per heavy atom. The van der Waals surface area contributed by atoms with Crippen LogP contribution in [-0.2, 0) is 16.1 Å². The molecule has 0 aromatic heterocycles. The van der Waals surface area contributed by atoms with Gasteiger partial charge in [0.2, 0.25) is 5.91 Å². The van der Waals surface area contributed by atoms with Gasteiger partial charge in [-0.1, -0.05) is 55.5 Å². The fraction of sp³-hybridized carbons (Fsp3) is 0.391. The van der Waals surface area contributed by atoms with Gasteiger partial charge in [0.1, 0.15) is 11.8 Å². The molecular weight excluding hydrogens is 352 g/mol. The van der Waals surface area contributed by atoms with Crippen LogP contribution >= 0.6 is 0 Å². The highest BCUT2D eigenvalue weighted by Gasteiger charge is 2.30. The molecule has 5 heteroatoms. The highest BCUT2D eigenvalue weighted by atomic mass is 16.5. The van der Waals surface area contributed by atoms with Crippen molar-refractivity contribution in [2.45, 2.75) is 52.2 Å². The van der Waals surface area contributed by atoms with E-state index in [1.165, 1.54) is 0 Å². The molecule has 28 heavy (non-hydrogen) atoms. The molecule has 0 fully saturated rings. The molecule has 2 aromatic rings. The van der Waals surface area contributed by atoms with Crippen molar-refractivity contribution in [1.29, 1.82) is 0 Å². The molecular formula is C23H30N2O3. The number of carbonyl (C=O) groups is 2. The Bertz CT molecular complexity index is 754. The number of rotatable bonds is 8. The molecule has 2 amide bonds. The zero-order valence-electron chi connectivity index (χ0n) is 17.1. The zero-order chi connectivity index (χ0) is 20.6. The van der Waals surface area contributed by atoms with Crippen LogP contribution in [0.1, 0.15) is 39.7 Å². The average Bonchev–Trinajstić information content (AvgIpc) is 2.66. The van der Waals surface area contributed by atoms with E-state index >= 15 is 0 Å². The molecule has 1 atom stereocenters. The third-order valence-corrected chi connectivity index (χ3v) is 4.19. The second-order valence-corrected chi connectivity index (χ2v) is 7.77. The van der Waals surface area contributed by atoms with Gasteiger partial charge in [0.15, 0.2) is 6.61 Å². The molecule has 150 valence electrons. The van der Waals surface area contributed by atoms with E-state index in [0.717, 1.165) is 5.56 Å². The second-order valence-electron chi connectivity index (χ2n) is 7.77. The fourth-order valence-corrected chi connectivity index (χ4v) is 2.90. The van der Waals surface area contributed by atoms with Crippen molar-refractivity contribution < 1.29 is 14.3 Å². The third kappa shape index (κ3) is 6.72. The summed E-state index contributed by atoms with van der Waals surface area (Å²) in [6, 6.07) is 18.3. The van der Waals surface area contributed by atoms with Gasteiger partial charge in [-0.2, -0.15) is 0 Å². The maximum Gasteiger partial charge on any atom is 0.261 e. The smallest absolute Gasteiger partial charge is 0.261 e. The Balaban J connectivity index is 2.19. The minimum atomic E-state index is -0.564. The molecule has 0 radical (unpaired) electrons. The standard InChI is InChI=1S/C23H30N2O3/c1-5-20(22(27)24-23(2,3)4)25(16-18-12-8-6-9-13-18)21(26)17-28-19-14-10-7-11-15-19/h6-15,20H,5,16-17H2,1-4H3,(H,24,27). The first-order chi connectivity index (χ1) is 13.3. The largest absolute Gasteiger partial charge is 0.484 e. The van der Waals surface area contributed by atoms with E-state index in [1.54, 1.807) is 17.0 Å². The van der Waals surface area contributed by atoms with Gasteiger partial charge >= 0.3 is 0 Å². The van der Waals surface area contributed by atoms with Gasteiger partial charge < -0.3 is 15.0 Å². The van der Waals surface area contributed by atoms with Crippen molar-refractivity contribution in [1.82, 2.24) is 10.2 Å². The highest BCUT2D eigenvalue weighted by Crippen LogP contribution is 2.15. The van der Waals surface area contributed by atoms with Gasteiger partial charge in [0.25, 0.3) is 5.91 Å². The van der Waals surface area contributed by atoms with E-state index in [1.807, 2.05) is 76.2 Å². The van der Waals surface area contributed by atoms with E-state index in [9.17, 15) is 9.59 Å². The lowest BCUT2D eigenvalue weighted by Crippen LogP contribution is -2.54. The molecule has 2 aromatic carbocycles. The number of benzene rings is 2. The first-order valence-corrected chi connectivity index (χ1v) is 9.63. The Kier molecular flexibility index (Phi) is 7.61. The van der Waals surface area contributed by atoms with Crippen LogP contribution in [0.2, 0.25) is 0 Å². The monoisotopic (exact) mass is 382 g/mol. The average molecular weight is 383 g/mol. The summed E-state index contributed by atoms with van der Waals surface area (Å²) in [6.07, 6.45) is 0.520. The molecule has 0 aliphatic rings. The first-order valence-electron chi connectivity index (χ1n) is 9.63. The lowest BCUT2D eigenvalue weighted by Gasteiger charge is -2.33. The quantitative estimate of drug-likeness (QED) is 0.756. The number of carbonyl (C=O) groups excluding carboxylic acids is 2. The van der Waals surface area contributed by atoms with Crippen LogP contribution in [0.15, 0.2) is 60.7 Å². The molecule has 0 aliphatic heterocycles. The number of ether oxygens (including phenoxy) is 1. The lowest BCUT2D eigenvalue weighted by molar-refractivity contribution is -0.143. The van der Waals surface area contributed by atoms with Crippen molar-refractivity contribution in [2.24, 2.45) is 0 Å². The molecule has 0 spiro atoms. The molecule has 1 unspecified atom stereocenters. The Hall–Kier alpha value is -2.82. The SMILES string of the molecule is CCC(C(=O)NC(C)(C)C)N(Cc1ccccc1)C(=O)COc1ccccc1. The van der Waals surface area contributed by atoms with Crippen molar-refractivity contribution in [2.75, 3.05) is 6.61 Å². The Morgan fingerprint density at radius 2 is 1.57 bits per heavy atom. The number of amides is 2. The molecule has 1 N–H and O–H groups in total. The predicted octanol–water partition coefficient (Wildman–Crippen LogP) is 3.79. The van der Waals surface area contributed by atoms with Crippen molar-refractivity contribution in [3.63, 3.8) is 0 Å². The third-order valence-electron chi connectivity index (χ3n) is 4.19. The first kappa shape index (κ1) is 21.5. The molecule has 5 nitrogen and oxygen atoms in total. The lowest BCUT2D eigenvalue weighted by atomic mass is 10.1. The van der Waals surface area contributed by atoms with Crippen LogP contribution in [0.5, 0.6) is 5.75 Å². The van der Waals surface area contributed by atoms with E-state index in [-0.39, 0.29) is 24.0 Å². The minimum absolute atomic E-state index is 0.115. The van der Waals surface area contributed by atoms with Gasteiger partial charge in [-0.15, -0.1) is 0 Å². The number of nitrogens with one attached hydrogen (secondary N) is 1. The van der Waals surface area contributed by atoms with Gasteiger partial charge in [0, 0.05) is 12.1 Å². The molecule has 0 saturated heterocycles. The van der Waals surface area contributed by atoms with Gasteiger partial charge in [-0.05, 0) is 44.9 Å². The van der Waals surface area contributed by atoms with Crippen molar-refractivity contribution >= 4 is 11.8 Å². The summed E-state index contributed by atoms with van der Waals surface area (Å²) in [6.45, 7) is 7.94. The number of para-hydroxylation sites is 1. The number of hydrogen-bond donors (Lipinski definition) is 1. The van der Waals surface area contributed by atoms with Gasteiger partial charge in [0.05, 0.1) is 0 Å². The van der Waals surface area contributed by atoms with E-state index in [2.05, 4.69) is 5.32 Å². The maximum atomic E-state index is 13.0. The second kappa shape index (κ2) is 9.93. The fourth-order valence-electron chi connectivity index (χ4n) is 2.90. The van der Waals surface area contributed by atoms with Crippen LogP contribution in [0.3, 0.4) is 0 Å². The van der Waals surface area contributed by atoms with Crippen LogP contribution in [-0.4, -0.2) is 34.9 Å². The summed E-state index contributed by atoms with van der Waals surface area (Å²) in [4.78, 5) is 27.5. The molecule has 0 aliphatic carbocycles. The Morgan fingerprint density at radius 3 is 2.11 bits per heavy atom. The van der Waals surface area contributed by atoms with Crippen LogP contribution in [0, 0.1) is 0 Å². The molecule has 0 heterocycles. The van der Waals surface area contributed by atoms with Crippen LogP contribution < -0.4 is 10.1 Å². The highest BCUT2D eigenvalue weighted by molar-refractivity contribution is 5.88. The van der Waals surface area contributed by atoms with E-state index in [4.69, 9.17) is 4.74 Å². The normalized spacial score (nSPS) is 12.1. The number of nitrogens with zero attached hydrogens (tertiary/aromatic N) is 1. The van der Waals surface area contributed by atoms with Crippen LogP contribution in [0.25, 0.3) is 0 Å². The summed E-state index contributed by atoms with van der Waals surface area (Å²) in [7, 11) is 0. The van der Waals surface area contributed by atoms with Crippen molar-refractivity contribution in [3.8, 4) is 5.75 Å². The van der Waals surface area contributed by atoms with E-state index in [0.29, 0.717) is 18.7 Å². The van der Waals surface area contributed by atoms with E-state index < -0.39 is 6.04 Å². The molecule has 2 rings (SSSR count). The zero-order valence-corrected chi connectivity index (χ0v) is 17.1. The summed E-state index contributed by atoms with van der Waals surface area (Å²) in [5.41, 5.74) is 0.601. The maximum absolute atomic E-state index is 13.0. The summed E-state index contributed by atoms with van der Waals surface area (Å²) >= 11 is 0. The summed E-state index contributed by atoms with van der Waals surface area (Å²) < 4.78 is 5.64. The Labute approximate surface area is 167 Å². The molecule has 0 saturated carbocycles. The summed E-state index contributed by atoms with van der Waals surface area (Å²) in [5.74, 6) is 0.255. The van der Waals surface area contributed by atoms with Crippen LogP contribution in [0.4, 0.5) is 0 Å². The number of hydrogen-bond acceptors (Lipinski definition) is 3.